The standard InChI is InChI=1S/C15H17N5O/c1-9-10(2)19-14-11(9)4-3-5-12(14)15(21)16-7-6-13-17-8-18-20-13/h3-5,8,19H,6-7H2,1-2H3,(H,16,21)(H,17,18,20). The smallest absolute Gasteiger partial charge is 0.253 e. The van der Waals surface area contributed by atoms with Crippen LogP contribution in [0.15, 0.2) is 24.5 Å². The van der Waals surface area contributed by atoms with Crippen LogP contribution in [0.2, 0.25) is 0 Å². The predicted molar refractivity (Wildman–Crippen MR) is 80.2 cm³/mol. The van der Waals surface area contributed by atoms with Gasteiger partial charge in [-0.25, -0.2) is 4.98 Å². The lowest BCUT2D eigenvalue weighted by atomic mass is 10.1. The molecular weight excluding hydrogens is 266 g/mol. The molecule has 0 aliphatic carbocycles. The van der Waals surface area contributed by atoms with Crippen molar-refractivity contribution in [2.75, 3.05) is 6.54 Å². The van der Waals surface area contributed by atoms with Crippen LogP contribution in [0, 0.1) is 13.8 Å². The normalized spacial score (nSPS) is 11.0. The molecule has 1 amide bonds. The number of H-pyrrole nitrogens is 2. The highest BCUT2D eigenvalue weighted by Gasteiger charge is 2.13. The molecule has 0 unspecified atom stereocenters. The summed E-state index contributed by atoms with van der Waals surface area (Å²) in [5.41, 5.74) is 3.83. The number of hydrogen-bond acceptors (Lipinski definition) is 3. The SMILES string of the molecule is Cc1[nH]c2c(C(=O)NCCc3ncn[nH]3)cccc2c1C. The summed E-state index contributed by atoms with van der Waals surface area (Å²) in [5.74, 6) is 0.682. The van der Waals surface area contributed by atoms with Crippen molar-refractivity contribution in [1.82, 2.24) is 25.5 Å². The summed E-state index contributed by atoms with van der Waals surface area (Å²) in [6.07, 6.45) is 2.09. The topological polar surface area (TPSA) is 86.5 Å². The lowest BCUT2D eigenvalue weighted by molar-refractivity contribution is 0.0955. The van der Waals surface area contributed by atoms with Crippen LogP contribution < -0.4 is 5.32 Å². The van der Waals surface area contributed by atoms with Crippen molar-refractivity contribution in [2.24, 2.45) is 0 Å². The highest BCUT2D eigenvalue weighted by atomic mass is 16.1. The van der Waals surface area contributed by atoms with Crippen molar-refractivity contribution in [3.63, 3.8) is 0 Å². The van der Waals surface area contributed by atoms with Gasteiger partial charge in [0.15, 0.2) is 0 Å². The van der Waals surface area contributed by atoms with E-state index in [0.29, 0.717) is 18.5 Å². The maximum Gasteiger partial charge on any atom is 0.253 e. The average Bonchev–Trinajstić information content (AvgIpc) is 3.08. The molecule has 108 valence electrons. The van der Waals surface area contributed by atoms with Gasteiger partial charge in [0.1, 0.15) is 12.2 Å². The zero-order valence-corrected chi connectivity index (χ0v) is 12.0. The third kappa shape index (κ3) is 2.52. The second kappa shape index (κ2) is 5.40. The molecule has 3 aromatic rings. The first kappa shape index (κ1) is 13.4. The Bertz CT molecular complexity index is 773. The van der Waals surface area contributed by atoms with Gasteiger partial charge in [0.2, 0.25) is 0 Å². The number of para-hydroxylation sites is 1. The molecule has 1 aromatic carbocycles. The second-order valence-corrected chi connectivity index (χ2v) is 5.04. The van der Waals surface area contributed by atoms with Crippen molar-refractivity contribution in [1.29, 1.82) is 0 Å². The molecule has 2 heterocycles. The summed E-state index contributed by atoms with van der Waals surface area (Å²) in [6, 6.07) is 5.77. The number of aromatic nitrogens is 4. The molecule has 0 aliphatic heterocycles. The molecule has 0 saturated heterocycles. The van der Waals surface area contributed by atoms with E-state index in [4.69, 9.17) is 0 Å². The van der Waals surface area contributed by atoms with E-state index in [9.17, 15) is 4.79 Å². The number of fused-ring (bicyclic) bond motifs is 1. The van der Waals surface area contributed by atoms with Gasteiger partial charge < -0.3 is 10.3 Å². The van der Waals surface area contributed by atoms with Crippen LogP contribution in [0.4, 0.5) is 0 Å². The van der Waals surface area contributed by atoms with Crippen molar-refractivity contribution in [3.05, 3.63) is 47.2 Å². The van der Waals surface area contributed by atoms with Crippen LogP contribution in [-0.4, -0.2) is 32.6 Å². The number of rotatable bonds is 4. The molecule has 0 radical (unpaired) electrons. The highest BCUT2D eigenvalue weighted by molar-refractivity contribution is 6.06. The molecule has 21 heavy (non-hydrogen) atoms. The minimum Gasteiger partial charge on any atom is -0.358 e. The van der Waals surface area contributed by atoms with Gasteiger partial charge in [-0.3, -0.25) is 9.89 Å². The van der Waals surface area contributed by atoms with E-state index in [1.54, 1.807) is 0 Å². The van der Waals surface area contributed by atoms with Crippen LogP contribution >= 0.6 is 0 Å². The summed E-state index contributed by atoms with van der Waals surface area (Å²) in [6.45, 7) is 4.59. The molecule has 0 spiro atoms. The van der Waals surface area contributed by atoms with Gasteiger partial charge >= 0.3 is 0 Å². The van der Waals surface area contributed by atoms with Gasteiger partial charge in [-0.15, -0.1) is 0 Å². The fourth-order valence-corrected chi connectivity index (χ4v) is 2.41. The molecule has 6 heteroatoms. The molecule has 3 N–H and O–H groups in total. The second-order valence-electron chi connectivity index (χ2n) is 5.04. The van der Waals surface area contributed by atoms with E-state index in [-0.39, 0.29) is 5.91 Å². The maximum absolute atomic E-state index is 12.3. The van der Waals surface area contributed by atoms with Crippen LogP contribution in [0.5, 0.6) is 0 Å². The molecule has 0 bridgehead atoms. The fraction of sp³-hybridized carbons (Fsp3) is 0.267. The number of amides is 1. The fourth-order valence-electron chi connectivity index (χ4n) is 2.41. The molecule has 0 fully saturated rings. The third-order valence-electron chi connectivity index (χ3n) is 3.70. The van der Waals surface area contributed by atoms with E-state index in [1.165, 1.54) is 11.9 Å². The van der Waals surface area contributed by atoms with Gasteiger partial charge in [0, 0.05) is 24.0 Å². The molecule has 0 saturated carbocycles. The summed E-state index contributed by atoms with van der Waals surface area (Å²) >= 11 is 0. The van der Waals surface area contributed by atoms with Crippen LogP contribution in [-0.2, 0) is 6.42 Å². The summed E-state index contributed by atoms with van der Waals surface area (Å²) in [7, 11) is 0. The first-order valence-corrected chi connectivity index (χ1v) is 6.87. The quantitative estimate of drug-likeness (QED) is 0.683. The number of aryl methyl sites for hydroxylation is 2. The van der Waals surface area contributed by atoms with Gasteiger partial charge in [0.25, 0.3) is 5.91 Å². The van der Waals surface area contributed by atoms with Crippen molar-refractivity contribution >= 4 is 16.8 Å². The van der Waals surface area contributed by atoms with E-state index in [2.05, 4.69) is 32.4 Å². The Balaban J connectivity index is 1.77. The number of aromatic amines is 2. The molecule has 0 aliphatic rings. The Kier molecular flexibility index (Phi) is 3.43. The first-order valence-electron chi connectivity index (χ1n) is 6.87. The van der Waals surface area contributed by atoms with Crippen LogP contribution in [0.1, 0.15) is 27.4 Å². The Morgan fingerprint density at radius 3 is 2.95 bits per heavy atom. The number of nitrogens with zero attached hydrogens (tertiary/aromatic N) is 2. The lowest BCUT2D eigenvalue weighted by Crippen LogP contribution is -2.26. The van der Waals surface area contributed by atoms with Crippen molar-refractivity contribution < 1.29 is 4.79 Å². The number of benzene rings is 1. The predicted octanol–water partition coefficient (Wildman–Crippen LogP) is 1.88. The monoisotopic (exact) mass is 283 g/mol. The van der Waals surface area contributed by atoms with E-state index < -0.39 is 0 Å². The zero-order valence-electron chi connectivity index (χ0n) is 12.0. The van der Waals surface area contributed by atoms with Crippen LogP contribution in [0.3, 0.4) is 0 Å². The van der Waals surface area contributed by atoms with Gasteiger partial charge in [-0.1, -0.05) is 12.1 Å². The van der Waals surface area contributed by atoms with Gasteiger partial charge in [-0.2, -0.15) is 5.10 Å². The van der Waals surface area contributed by atoms with Gasteiger partial charge in [0.05, 0.1) is 11.1 Å². The first-order chi connectivity index (χ1) is 10.2. The lowest BCUT2D eigenvalue weighted by Gasteiger charge is -2.05. The molecule has 6 nitrogen and oxygen atoms in total. The average molecular weight is 283 g/mol. The minimum atomic E-state index is -0.0821. The minimum absolute atomic E-state index is 0.0821. The molecule has 3 rings (SSSR count). The van der Waals surface area contributed by atoms with Gasteiger partial charge in [-0.05, 0) is 25.5 Å². The Morgan fingerprint density at radius 2 is 2.19 bits per heavy atom. The number of carbonyl (C=O) groups is 1. The van der Waals surface area contributed by atoms with Crippen LogP contribution in [0.25, 0.3) is 10.9 Å². The molecular formula is C15H17N5O. The van der Waals surface area contributed by atoms with E-state index in [0.717, 1.165) is 22.4 Å². The summed E-state index contributed by atoms with van der Waals surface area (Å²) < 4.78 is 0. The Morgan fingerprint density at radius 1 is 1.33 bits per heavy atom. The zero-order chi connectivity index (χ0) is 14.8. The van der Waals surface area contributed by atoms with Crippen molar-refractivity contribution in [3.8, 4) is 0 Å². The molecule has 0 atom stereocenters. The Hall–Kier alpha value is -2.63. The highest BCUT2D eigenvalue weighted by Crippen LogP contribution is 2.24. The van der Waals surface area contributed by atoms with Crippen molar-refractivity contribution in [2.45, 2.75) is 20.3 Å². The number of hydrogen-bond donors (Lipinski definition) is 3. The Labute approximate surface area is 122 Å². The number of carbonyl (C=O) groups excluding carboxylic acids is 1. The number of nitrogens with one attached hydrogen (secondary N) is 3. The maximum atomic E-state index is 12.3. The largest absolute Gasteiger partial charge is 0.358 e. The summed E-state index contributed by atoms with van der Waals surface area (Å²) in [4.78, 5) is 19.6. The van der Waals surface area contributed by atoms with E-state index >= 15 is 0 Å². The summed E-state index contributed by atoms with van der Waals surface area (Å²) in [5, 5.41) is 10.6. The van der Waals surface area contributed by atoms with E-state index in [1.807, 2.05) is 25.1 Å². The third-order valence-corrected chi connectivity index (χ3v) is 3.70. The molecule has 2 aromatic heterocycles.